The van der Waals surface area contributed by atoms with E-state index in [4.69, 9.17) is 4.98 Å². The van der Waals surface area contributed by atoms with Gasteiger partial charge in [0.25, 0.3) is 5.69 Å². The monoisotopic (exact) mass is 466 g/mol. The Kier molecular flexibility index (Phi) is 4.44. The maximum atomic E-state index is 11.2. The normalized spacial score (nSPS) is 24.8. The van der Waals surface area contributed by atoms with Gasteiger partial charge in [-0.05, 0) is 17.2 Å². The first-order valence-electron chi connectivity index (χ1n) is 11.5. The lowest BCUT2D eigenvalue weighted by Crippen LogP contribution is -2.30. The number of hydrogen-bond donors (Lipinski definition) is 0. The van der Waals surface area contributed by atoms with E-state index in [9.17, 15) is 10.1 Å². The minimum absolute atomic E-state index is 0.137. The van der Waals surface area contributed by atoms with Gasteiger partial charge in [0.15, 0.2) is 0 Å². The standard InChI is InChI=1S/C27H22N4O2S/c32-31(33)19-12-10-18(11-13-19)26-24-20-8-4-5-9-21(20)30-22(17-6-2-1-3-7-17)14-28-27(30)25(24)23-15-34-16-29(23)26/h1-14,23-26H,15-16H2/t23-,24-,25-,26-/m1/s1. The van der Waals surface area contributed by atoms with Crippen molar-refractivity contribution in [1.29, 1.82) is 0 Å². The van der Waals surface area contributed by atoms with Crippen LogP contribution in [0.25, 0.3) is 16.9 Å². The van der Waals surface area contributed by atoms with Crippen molar-refractivity contribution in [1.82, 2.24) is 14.5 Å². The van der Waals surface area contributed by atoms with Crippen LogP contribution in [-0.4, -0.2) is 37.0 Å². The van der Waals surface area contributed by atoms with Gasteiger partial charge in [0.2, 0.25) is 0 Å². The van der Waals surface area contributed by atoms with Gasteiger partial charge in [-0.1, -0.05) is 60.7 Å². The largest absolute Gasteiger partial charge is 0.296 e. The topological polar surface area (TPSA) is 64.2 Å². The van der Waals surface area contributed by atoms with Crippen LogP contribution in [-0.2, 0) is 0 Å². The predicted molar refractivity (Wildman–Crippen MR) is 133 cm³/mol. The molecule has 0 spiro atoms. The van der Waals surface area contributed by atoms with Crippen molar-refractivity contribution in [2.75, 3.05) is 11.6 Å². The fraction of sp³-hybridized carbons (Fsp3) is 0.222. The minimum atomic E-state index is -0.326. The Morgan fingerprint density at radius 2 is 1.71 bits per heavy atom. The SMILES string of the molecule is O=[N+]([O-])c1ccc([C@@H]2[C@@H]3c4ccccc4-n4c(-c5ccccc5)cnc4[C@@H]3[C@H]3CSCN32)cc1. The van der Waals surface area contributed by atoms with Crippen LogP contribution in [0.1, 0.15) is 34.8 Å². The van der Waals surface area contributed by atoms with Crippen molar-refractivity contribution in [3.63, 3.8) is 0 Å². The number of imidazole rings is 1. The molecule has 3 aliphatic heterocycles. The molecule has 2 fully saturated rings. The van der Waals surface area contributed by atoms with Crippen molar-refractivity contribution < 1.29 is 4.92 Å². The number of non-ortho nitro benzene ring substituents is 1. The molecule has 0 aliphatic carbocycles. The third-order valence-corrected chi connectivity index (χ3v) is 8.65. The van der Waals surface area contributed by atoms with Crippen LogP contribution in [0.2, 0.25) is 0 Å². The quantitative estimate of drug-likeness (QED) is 0.284. The lowest BCUT2D eigenvalue weighted by molar-refractivity contribution is -0.384. The number of fused-ring (bicyclic) bond motifs is 8. The summed E-state index contributed by atoms with van der Waals surface area (Å²) in [5.74, 6) is 3.68. The Morgan fingerprint density at radius 3 is 2.50 bits per heavy atom. The van der Waals surface area contributed by atoms with E-state index in [1.807, 2.05) is 36.2 Å². The zero-order valence-corrected chi connectivity index (χ0v) is 19.1. The molecule has 0 radical (unpaired) electrons. The molecule has 0 N–H and O–H groups in total. The zero-order chi connectivity index (χ0) is 22.8. The lowest BCUT2D eigenvalue weighted by atomic mass is 9.76. The summed E-state index contributed by atoms with van der Waals surface area (Å²) in [5, 5.41) is 11.2. The highest BCUT2D eigenvalue weighted by molar-refractivity contribution is 7.99. The fourth-order valence-corrected chi connectivity index (χ4v) is 7.55. The molecule has 4 heterocycles. The number of nitrogens with zero attached hydrogens (tertiary/aromatic N) is 4. The van der Waals surface area contributed by atoms with E-state index in [-0.39, 0.29) is 28.5 Å². The van der Waals surface area contributed by atoms with Crippen LogP contribution in [0.4, 0.5) is 5.69 Å². The van der Waals surface area contributed by atoms with Gasteiger partial charge >= 0.3 is 0 Å². The number of benzene rings is 3. The van der Waals surface area contributed by atoms with Gasteiger partial charge in [0, 0.05) is 53.2 Å². The second-order valence-electron chi connectivity index (χ2n) is 9.19. The summed E-state index contributed by atoms with van der Waals surface area (Å²) in [5.41, 5.74) is 6.09. The van der Waals surface area contributed by atoms with Crippen LogP contribution >= 0.6 is 11.8 Å². The van der Waals surface area contributed by atoms with Crippen molar-refractivity contribution in [3.8, 4) is 16.9 Å². The molecule has 34 heavy (non-hydrogen) atoms. The number of thioether (sulfide) groups is 1. The highest BCUT2D eigenvalue weighted by Gasteiger charge is 2.56. The Balaban J connectivity index is 1.43. The van der Waals surface area contributed by atoms with Gasteiger partial charge in [-0.3, -0.25) is 19.6 Å². The number of nitro groups is 1. The van der Waals surface area contributed by atoms with Crippen LogP contribution < -0.4 is 0 Å². The number of nitro benzene ring substituents is 1. The Labute approximate surface area is 201 Å². The number of hydrogen-bond acceptors (Lipinski definition) is 5. The van der Waals surface area contributed by atoms with E-state index >= 15 is 0 Å². The molecule has 7 heteroatoms. The lowest BCUT2D eigenvalue weighted by Gasteiger charge is -2.34. The molecule has 168 valence electrons. The fourth-order valence-electron chi connectivity index (χ4n) is 6.24. The Hall–Kier alpha value is -3.42. The van der Waals surface area contributed by atoms with E-state index in [1.165, 1.54) is 11.3 Å². The molecule has 3 aliphatic rings. The van der Waals surface area contributed by atoms with Gasteiger partial charge in [-0.2, -0.15) is 0 Å². The van der Waals surface area contributed by atoms with E-state index in [2.05, 4.69) is 58.0 Å². The molecule has 0 unspecified atom stereocenters. The highest BCUT2D eigenvalue weighted by Crippen LogP contribution is 2.60. The summed E-state index contributed by atoms with van der Waals surface area (Å²) >= 11 is 1.97. The second kappa shape index (κ2) is 7.55. The number of para-hydroxylation sites is 1. The summed E-state index contributed by atoms with van der Waals surface area (Å²) in [6.07, 6.45) is 2.02. The average Bonchev–Trinajstić information content (AvgIpc) is 3.59. The molecular formula is C27H22N4O2S. The van der Waals surface area contributed by atoms with Gasteiger partial charge in [-0.15, -0.1) is 11.8 Å². The summed E-state index contributed by atoms with van der Waals surface area (Å²) < 4.78 is 2.37. The first kappa shape index (κ1) is 20.0. The Morgan fingerprint density at radius 1 is 0.941 bits per heavy atom. The second-order valence-corrected chi connectivity index (χ2v) is 10.2. The van der Waals surface area contributed by atoms with E-state index in [1.54, 1.807) is 12.1 Å². The highest BCUT2D eigenvalue weighted by atomic mass is 32.2. The molecule has 4 aromatic rings. The predicted octanol–water partition coefficient (Wildman–Crippen LogP) is 5.76. The molecule has 3 aromatic carbocycles. The van der Waals surface area contributed by atoms with Crippen LogP contribution in [0.3, 0.4) is 0 Å². The molecular weight excluding hydrogens is 444 g/mol. The zero-order valence-electron chi connectivity index (χ0n) is 18.3. The molecule has 1 aromatic heterocycles. The summed E-state index contributed by atoms with van der Waals surface area (Å²) in [4.78, 5) is 18.6. The van der Waals surface area contributed by atoms with Gasteiger partial charge in [0.05, 0.1) is 22.5 Å². The molecule has 6 nitrogen and oxygen atoms in total. The molecule has 2 saturated heterocycles. The van der Waals surface area contributed by atoms with E-state index < -0.39 is 0 Å². The van der Waals surface area contributed by atoms with Crippen LogP contribution in [0.5, 0.6) is 0 Å². The summed E-state index contributed by atoms with van der Waals surface area (Å²) in [6, 6.07) is 26.9. The first-order valence-corrected chi connectivity index (χ1v) is 12.7. The van der Waals surface area contributed by atoms with E-state index in [0.717, 1.165) is 34.3 Å². The first-order chi connectivity index (χ1) is 16.7. The van der Waals surface area contributed by atoms with Crippen LogP contribution in [0, 0.1) is 10.1 Å². The summed E-state index contributed by atoms with van der Waals surface area (Å²) in [7, 11) is 0. The van der Waals surface area contributed by atoms with Crippen molar-refractivity contribution in [2.24, 2.45) is 0 Å². The van der Waals surface area contributed by atoms with Crippen molar-refractivity contribution in [2.45, 2.75) is 23.9 Å². The third-order valence-electron chi connectivity index (χ3n) is 7.59. The Bertz CT molecular complexity index is 1400. The number of rotatable bonds is 3. The smallest absolute Gasteiger partial charge is 0.269 e. The maximum Gasteiger partial charge on any atom is 0.269 e. The van der Waals surface area contributed by atoms with Gasteiger partial charge < -0.3 is 0 Å². The van der Waals surface area contributed by atoms with Crippen LogP contribution in [0.15, 0.2) is 85.1 Å². The molecule has 4 atom stereocenters. The maximum absolute atomic E-state index is 11.2. The van der Waals surface area contributed by atoms with Gasteiger partial charge in [0.1, 0.15) is 5.82 Å². The van der Waals surface area contributed by atoms with Crippen molar-refractivity contribution >= 4 is 17.4 Å². The third kappa shape index (κ3) is 2.77. The number of aromatic nitrogens is 2. The minimum Gasteiger partial charge on any atom is -0.296 e. The molecule has 0 amide bonds. The summed E-state index contributed by atoms with van der Waals surface area (Å²) in [6.45, 7) is 0. The molecule has 7 rings (SSSR count). The average molecular weight is 467 g/mol. The molecule has 0 saturated carbocycles. The van der Waals surface area contributed by atoms with E-state index in [0.29, 0.717) is 6.04 Å². The molecule has 0 bridgehead atoms. The van der Waals surface area contributed by atoms with Crippen molar-refractivity contribution in [3.05, 3.63) is 112 Å². The van der Waals surface area contributed by atoms with Gasteiger partial charge in [-0.25, -0.2) is 4.98 Å².